The van der Waals surface area contributed by atoms with Crippen molar-refractivity contribution in [3.8, 4) is 0 Å². The Bertz CT molecular complexity index is 435. The van der Waals surface area contributed by atoms with E-state index in [0.29, 0.717) is 12.5 Å². The molecule has 0 aliphatic carbocycles. The number of carbonyl (C=O) groups is 1. The molecule has 18 heavy (non-hydrogen) atoms. The third kappa shape index (κ3) is 2.08. The second-order valence-electron chi connectivity index (χ2n) is 5.82. The third-order valence-corrected chi connectivity index (χ3v) is 4.64. The summed E-state index contributed by atoms with van der Waals surface area (Å²) in [7, 11) is 0. The molecule has 3 saturated heterocycles. The zero-order valence-corrected chi connectivity index (χ0v) is 10.6. The van der Waals surface area contributed by atoms with Gasteiger partial charge in [-0.05, 0) is 0 Å². The molecule has 3 fully saturated rings. The minimum absolute atomic E-state index is 0.198. The van der Waals surface area contributed by atoms with E-state index in [1.54, 1.807) is 0 Å². The minimum Gasteiger partial charge on any atom is -0.387 e. The summed E-state index contributed by atoms with van der Waals surface area (Å²) in [5.41, 5.74) is 0.798. The van der Waals surface area contributed by atoms with E-state index in [4.69, 9.17) is 0 Å². The van der Waals surface area contributed by atoms with Gasteiger partial charge in [0.05, 0.1) is 13.1 Å². The average Bonchev–Trinajstić information content (AvgIpc) is 2.40. The number of nitrogens with zero attached hydrogens (tertiary/aromatic N) is 1. The van der Waals surface area contributed by atoms with Crippen LogP contribution in [0.5, 0.6) is 0 Å². The molecule has 1 aromatic carbocycles. The number of hydrogen-bond acceptors (Lipinski definition) is 2. The minimum atomic E-state index is -0.198. The highest BCUT2D eigenvalue weighted by Crippen LogP contribution is 2.33. The molecule has 96 valence electrons. The normalized spacial score (nSPS) is 34.5. The Labute approximate surface area is 108 Å². The van der Waals surface area contributed by atoms with Crippen LogP contribution in [0.2, 0.25) is 0 Å². The largest absolute Gasteiger partial charge is 0.387 e. The van der Waals surface area contributed by atoms with Crippen LogP contribution in [-0.2, 0) is 0 Å². The molecule has 3 aliphatic heterocycles. The summed E-state index contributed by atoms with van der Waals surface area (Å²) in [5, 5.41) is 10.0. The first kappa shape index (κ1) is 11.9. The van der Waals surface area contributed by atoms with Crippen LogP contribution in [0.3, 0.4) is 0 Å². The van der Waals surface area contributed by atoms with Crippen molar-refractivity contribution >= 4 is 5.78 Å². The first-order chi connectivity index (χ1) is 8.69. The SMILES string of the molecule is O=C(C[N+]12CCC(CC1)[C@@H](O)C2)c1ccccc1. The summed E-state index contributed by atoms with van der Waals surface area (Å²) in [5.74, 6) is 0.694. The fraction of sp³-hybridized carbons (Fsp3) is 0.533. The van der Waals surface area contributed by atoms with E-state index >= 15 is 0 Å². The lowest BCUT2D eigenvalue weighted by molar-refractivity contribution is -0.938. The maximum absolute atomic E-state index is 12.3. The highest BCUT2D eigenvalue weighted by Gasteiger charge is 2.46. The van der Waals surface area contributed by atoms with Gasteiger partial charge in [0.25, 0.3) is 0 Å². The van der Waals surface area contributed by atoms with Gasteiger partial charge in [-0.15, -0.1) is 0 Å². The fourth-order valence-electron chi connectivity index (χ4n) is 3.49. The van der Waals surface area contributed by atoms with Gasteiger partial charge >= 0.3 is 0 Å². The van der Waals surface area contributed by atoms with Crippen LogP contribution in [0.4, 0.5) is 0 Å². The lowest BCUT2D eigenvalue weighted by Gasteiger charge is -2.50. The van der Waals surface area contributed by atoms with Crippen LogP contribution in [0.25, 0.3) is 0 Å². The number of aliphatic hydroxyl groups is 1. The molecule has 0 radical (unpaired) electrons. The Kier molecular flexibility index (Phi) is 2.96. The molecule has 0 aromatic heterocycles. The van der Waals surface area contributed by atoms with Crippen molar-refractivity contribution in [3.63, 3.8) is 0 Å². The molecule has 3 heteroatoms. The number of piperidine rings is 3. The van der Waals surface area contributed by atoms with Gasteiger partial charge in [-0.1, -0.05) is 30.3 Å². The summed E-state index contributed by atoms with van der Waals surface area (Å²) in [4.78, 5) is 12.3. The molecule has 0 saturated carbocycles. The number of Topliss-reactive ketones (excluding diaryl/α,β-unsaturated/α-hetero) is 1. The molecule has 0 amide bonds. The van der Waals surface area contributed by atoms with E-state index in [2.05, 4.69) is 0 Å². The number of fused-ring (bicyclic) bond motifs is 3. The number of carbonyl (C=O) groups excluding carboxylic acids is 1. The highest BCUT2D eigenvalue weighted by molar-refractivity contribution is 5.96. The lowest BCUT2D eigenvalue weighted by atomic mass is 9.83. The number of rotatable bonds is 3. The summed E-state index contributed by atoms with van der Waals surface area (Å²) in [6, 6.07) is 9.51. The fourth-order valence-corrected chi connectivity index (χ4v) is 3.49. The van der Waals surface area contributed by atoms with E-state index in [9.17, 15) is 9.90 Å². The molecule has 3 nitrogen and oxygen atoms in total. The van der Waals surface area contributed by atoms with Crippen LogP contribution in [0, 0.1) is 5.92 Å². The molecule has 1 atom stereocenters. The van der Waals surface area contributed by atoms with Gasteiger partial charge in [0.1, 0.15) is 19.2 Å². The second kappa shape index (κ2) is 4.48. The Morgan fingerprint density at radius 3 is 2.50 bits per heavy atom. The third-order valence-electron chi connectivity index (χ3n) is 4.64. The quantitative estimate of drug-likeness (QED) is 0.648. The highest BCUT2D eigenvalue weighted by atomic mass is 16.3. The van der Waals surface area contributed by atoms with Crippen molar-refractivity contribution in [2.24, 2.45) is 5.92 Å². The van der Waals surface area contributed by atoms with Crippen LogP contribution in [0.1, 0.15) is 23.2 Å². The van der Waals surface area contributed by atoms with Crippen LogP contribution < -0.4 is 0 Å². The molecular weight excluding hydrogens is 226 g/mol. The van der Waals surface area contributed by atoms with Gasteiger partial charge in [0.15, 0.2) is 0 Å². The van der Waals surface area contributed by atoms with E-state index in [-0.39, 0.29) is 11.9 Å². The number of aliphatic hydroxyl groups excluding tert-OH is 1. The van der Waals surface area contributed by atoms with Gasteiger partial charge in [0, 0.05) is 24.3 Å². The van der Waals surface area contributed by atoms with Crippen molar-refractivity contribution in [2.75, 3.05) is 26.2 Å². The van der Waals surface area contributed by atoms with Crippen molar-refractivity contribution < 1.29 is 14.4 Å². The van der Waals surface area contributed by atoms with Crippen molar-refractivity contribution in [1.82, 2.24) is 0 Å². The number of ketones is 1. The summed E-state index contributed by atoms with van der Waals surface area (Å²) in [6.45, 7) is 3.43. The topological polar surface area (TPSA) is 37.3 Å². The first-order valence-corrected chi connectivity index (χ1v) is 6.80. The maximum atomic E-state index is 12.3. The number of benzene rings is 1. The first-order valence-electron chi connectivity index (χ1n) is 6.80. The summed E-state index contributed by atoms with van der Waals surface area (Å²) < 4.78 is 0.797. The van der Waals surface area contributed by atoms with Crippen molar-refractivity contribution in [3.05, 3.63) is 35.9 Å². The molecule has 2 bridgehead atoms. The number of quaternary nitrogens is 1. The molecule has 0 spiro atoms. The standard InChI is InChI=1S/C15H20NO2/c17-14(12-4-2-1-3-5-12)10-16-8-6-13(7-9-16)15(18)11-16/h1-5,13,15,18H,6-11H2/q+1/t13?,15-,16?/m0/s1. The second-order valence-corrected chi connectivity index (χ2v) is 5.82. The molecule has 1 aromatic rings. The van der Waals surface area contributed by atoms with E-state index in [0.717, 1.165) is 42.5 Å². The number of hydrogen-bond donors (Lipinski definition) is 1. The smallest absolute Gasteiger partial charge is 0.216 e. The van der Waals surface area contributed by atoms with E-state index in [1.165, 1.54) is 0 Å². The Morgan fingerprint density at radius 2 is 1.89 bits per heavy atom. The van der Waals surface area contributed by atoms with Gasteiger partial charge < -0.3 is 9.59 Å². The van der Waals surface area contributed by atoms with Crippen LogP contribution in [-0.4, -0.2) is 47.7 Å². The zero-order valence-electron chi connectivity index (χ0n) is 10.6. The van der Waals surface area contributed by atoms with E-state index < -0.39 is 0 Å². The molecule has 0 unspecified atom stereocenters. The molecule has 4 rings (SSSR count). The Hall–Kier alpha value is -1.19. The average molecular weight is 246 g/mol. The predicted molar refractivity (Wildman–Crippen MR) is 69.2 cm³/mol. The van der Waals surface area contributed by atoms with Gasteiger partial charge in [-0.2, -0.15) is 0 Å². The van der Waals surface area contributed by atoms with E-state index in [1.807, 2.05) is 30.3 Å². The predicted octanol–water partition coefficient (Wildman–Crippen LogP) is 1.47. The molecule has 3 heterocycles. The Balaban J connectivity index is 1.74. The van der Waals surface area contributed by atoms with Crippen molar-refractivity contribution in [1.29, 1.82) is 0 Å². The monoisotopic (exact) mass is 246 g/mol. The summed E-state index contributed by atoms with van der Waals surface area (Å²) in [6.07, 6.45) is 1.95. The van der Waals surface area contributed by atoms with Gasteiger partial charge in [-0.25, -0.2) is 0 Å². The zero-order chi connectivity index (χ0) is 12.6. The van der Waals surface area contributed by atoms with Crippen LogP contribution in [0.15, 0.2) is 30.3 Å². The maximum Gasteiger partial charge on any atom is 0.216 e. The lowest BCUT2D eigenvalue weighted by Crippen LogP contribution is -2.65. The molecule has 1 N–H and O–H groups in total. The Morgan fingerprint density at radius 1 is 1.22 bits per heavy atom. The summed E-state index contributed by atoms with van der Waals surface area (Å²) >= 11 is 0. The van der Waals surface area contributed by atoms with Crippen molar-refractivity contribution in [2.45, 2.75) is 18.9 Å². The van der Waals surface area contributed by atoms with Crippen LogP contribution >= 0.6 is 0 Å². The van der Waals surface area contributed by atoms with Gasteiger partial charge in [-0.3, -0.25) is 4.79 Å². The molecular formula is C15H20NO2+. The molecule has 3 aliphatic rings. The van der Waals surface area contributed by atoms with Gasteiger partial charge in [0.2, 0.25) is 5.78 Å².